The van der Waals surface area contributed by atoms with E-state index >= 15 is 0 Å². The van der Waals surface area contributed by atoms with Crippen LogP contribution in [-0.4, -0.2) is 28.3 Å². The number of aromatic nitrogens is 1. The van der Waals surface area contributed by atoms with Gasteiger partial charge in [-0.2, -0.15) is 4.39 Å². The molecule has 0 aliphatic heterocycles. The normalized spacial score (nSPS) is 18.7. The van der Waals surface area contributed by atoms with Gasteiger partial charge in [-0.25, -0.2) is 9.98 Å². The Morgan fingerprint density at radius 2 is 1.83 bits per heavy atom. The van der Waals surface area contributed by atoms with E-state index in [2.05, 4.69) is 35.3 Å². The molecule has 1 unspecified atom stereocenters. The monoisotopic (exact) mass is 470 g/mol. The minimum absolute atomic E-state index is 0.0951. The van der Waals surface area contributed by atoms with Crippen molar-refractivity contribution in [3.8, 4) is 11.1 Å². The molecule has 6 heteroatoms. The second kappa shape index (κ2) is 9.25. The Bertz CT molecular complexity index is 1260. The van der Waals surface area contributed by atoms with Crippen LogP contribution in [0.2, 0.25) is 0 Å². The van der Waals surface area contributed by atoms with Crippen LogP contribution >= 0.6 is 0 Å². The summed E-state index contributed by atoms with van der Waals surface area (Å²) in [7, 11) is 0. The molecule has 1 spiro atoms. The number of amides is 1. The Kier molecular flexibility index (Phi) is 6.13. The minimum Gasteiger partial charge on any atom is -0.369 e. The molecule has 5 nitrogen and oxygen atoms in total. The van der Waals surface area contributed by atoms with Crippen LogP contribution < -0.4 is 5.73 Å². The summed E-state index contributed by atoms with van der Waals surface area (Å²) in [6, 6.07) is 17.9. The van der Waals surface area contributed by atoms with Gasteiger partial charge >= 0.3 is 0 Å². The van der Waals surface area contributed by atoms with Crippen LogP contribution in [0, 0.1) is 11.4 Å². The van der Waals surface area contributed by atoms with Crippen molar-refractivity contribution in [3.63, 3.8) is 0 Å². The maximum atomic E-state index is 14.5. The number of aryl methyl sites for hydroxylation is 2. The first kappa shape index (κ1) is 23.2. The smallest absolute Gasteiger partial charge is 0.220 e. The van der Waals surface area contributed by atoms with Crippen molar-refractivity contribution < 1.29 is 9.18 Å². The van der Waals surface area contributed by atoms with E-state index in [1.807, 2.05) is 26.0 Å². The first-order chi connectivity index (χ1) is 16.9. The second-order valence-electron chi connectivity index (χ2n) is 10.1. The highest BCUT2D eigenvalue weighted by Gasteiger charge is 2.47. The van der Waals surface area contributed by atoms with Gasteiger partial charge < -0.3 is 5.73 Å². The second-order valence-corrected chi connectivity index (χ2v) is 10.1. The number of hydrogen-bond acceptors (Lipinski definition) is 3. The topological polar surface area (TPSA) is 71.6 Å². The highest BCUT2D eigenvalue weighted by molar-refractivity contribution is 5.88. The van der Waals surface area contributed by atoms with Crippen LogP contribution in [-0.2, 0) is 24.1 Å². The molecular formula is C29H31FN4O. The lowest BCUT2D eigenvalue weighted by Crippen LogP contribution is -2.42. The lowest BCUT2D eigenvalue weighted by atomic mass is 9.74. The van der Waals surface area contributed by atoms with Gasteiger partial charge in [-0.05, 0) is 92.0 Å². The van der Waals surface area contributed by atoms with Crippen molar-refractivity contribution in [2.45, 2.75) is 58.0 Å². The van der Waals surface area contributed by atoms with Gasteiger partial charge in [0.2, 0.25) is 12.4 Å². The molecular weight excluding hydrogens is 439 g/mol. The highest BCUT2D eigenvalue weighted by Crippen LogP contribution is 2.55. The Labute approximate surface area is 205 Å². The Morgan fingerprint density at radius 1 is 1.11 bits per heavy atom. The number of pyridine rings is 1. The molecule has 1 aromatic heterocycles. The number of carbonyl (C=O) groups is 1. The highest BCUT2D eigenvalue weighted by atomic mass is 19.1. The molecule has 0 saturated carbocycles. The molecule has 0 saturated heterocycles. The molecule has 0 bridgehead atoms. The summed E-state index contributed by atoms with van der Waals surface area (Å²) in [6.07, 6.45) is 6.98. The minimum atomic E-state index is -0.489. The third-order valence-electron chi connectivity index (χ3n) is 7.73. The third kappa shape index (κ3) is 4.22. The number of carbonyl (C=O) groups excluding carboxylic acids is 1. The molecule has 5 rings (SSSR count). The number of guanidine groups is 1. The van der Waals surface area contributed by atoms with E-state index in [1.165, 1.54) is 27.8 Å². The zero-order chi connectivity index (χ0) is 24.6. The van der Waals surface area contributed by atoms with Crippen LogP contribution in [0.5, 0.6) is 0 Å². The van der Waals surface area contributed by atoms with Crippen LogP contribution in [0.25, 0.3) is 11.1 Å². The zero-order valence-corrected chi connectivity index (χ0v) is 20.2. The molecule has 0 fully saturated rings. The predicted molar refractivity (Wildman–Crippen MR) is 136 cm³/mol. The van der Waals surface area contributed by atoms with Gasteiger partial charge in [-0.15, -0.1) is 0 Å². The van der Waals surface area contributed by atoms with Gasteiger partial charge in [0.05, 0.1) is 6.04 Å². The number of halogens is 1. The average molecular weight is 471 g/mol. The van der Waals surface area contributed by atoms with E-state index in [0.717, 1.165) is 49.6 Å². The first-order valence-corrected chi connectivity index (χ1v) is 12.3. The van der Waals surface area contributed by atoms with E-state index in [-0.39, 0.29) is 23.5 Å². The predicted octanol–water partition coefficient (Wildman–Crippen LogP) is 5.23. The van der Waals surface area contributed by atoms with E-state index in [9.17, 15) is 9.18 Å². The maximum Gasteiger partial charge on any atom is 0.220 e. The van der Waals surface area contributed by atoms with Crippen LogP contribution in [0.1, 0.15) is 55.0 Å². The summed E-state index contributed by atoms with van der Waals surface area (Å²) in [5.74, 6) is -0.261. The number of aliphatic imine (C=N–C) groups is 1. The van der Waals surface area contributed by atoms with Gasteiger partial charge in [-0.1, -0.05) is 36.4 Å². The van der Waals surface area contributed by atoms with Gasteiger partial charge in [0, 0.05) is 23.2 Å². The number of nitrogens with zero attached hydrogens (tertiary/aromatic N) is 3. The van der Waals surface area contributed by atoms with E-state index < -0.39 is 5.95 Å². The van der Waals surface area contributed by atoms with Crippen LogP contribution in [0.15, 0.2) is 65.8 Å². The molecule has 1 atom stereocenters. The van der Waals surface area contributed by atoms with Crippen molar-refractivity contribution in [3.05, 3.63) is 89.0 Å². The molecule has 1 heterocycles. The quantitative estimate of drug-likeness (QED) is 0.246. The van der Waals surface area contributed by atoms with Crippen molar-refractivity contribution >= 4 is 12.4 Å². The number of nitrogens with two attached hydrogens (primary N) is 1. The Morgan fingerprint density at radius 3 is 2.46 bits per heavy atom. The third-order valence-corrected chi connectivity index (χ3v) is 7.73. The number of hydrogen-bond donors (Lipinski definition) is 1. The number of benzene rings is 2. The van der Waals surface area contributed by atoms with Crippen LogP contribution in [0.3, 0.4) is 0 Å². The summed E-state index contributed by atoms with van der Waals surface area (Å²) in [5.41, 5.74) is 12.6. The standard InChI is InChI=1S/C29H31FN4O/c1-19(2)34(18-35)28(31)33-26-25-16-22(24-8-5-15-32-27(24)30)9-10-23(25)17-29(26)13-11-20-6-3-4-7-21(20)12-14-29/h3-10,15-16,18-19,26H,11-14,17H2,1-2H3,(H2,31,33). The van der Waals surface area contributed by atoms with Crippen LogP contribution in [0.4, 0.5) is 4.39 Å². The number of rotatable bonds is 4. The van der Waals surface area contributed by atoms with Gasteiger partial charge in [-0.3, -0.25) is 9.69 Å². The molecule has 2 aliphatic rings. The lowest BCUT2D eigenvalue weighted by Gasteiger charge is -2.34. The molecule has 3 aromatic rings. The summed E-state index contributed by atoms with van der Waals surface area (Å²) >= 11 is 0. The first-order valence-electron chi connectivity index (χ1n) is 12.3. The fourth-order valence-corrected chi connectivity index (χ4v) is 5.82. The fourth-order valence-electron chi connectivity index (χ4n) is 5.82. The molecule has 1 amide bonds. The van der Waals surface area contributed by atoms with E-state index in [0.29, 0.717) is 5.56 Å². The van der Waals surface area contributed by atoms with Crippen molar-refractivity contribution in [2.75, 3.05) is 0 Å². The molecule has 2 N–H and O–H groups in total. The fraction of sp³-hybridized carbons (Fsp3) is 0.345. The molecule has 2 aliphatic carbocycles. The largest absolute Gasteiger partial charge is 0.369 e. The zero-order valence-electron chi connectivity index (χ0n) is 20.2. The molecule has 0 radical (unpaired) electrons. The lowest BCUT2D eigenvalue weighted by molar-refractivity contribution is -0.115. The van der Waals surface area contributed by atoms with Crippen molar-refractivity contribution in [1.82, 2.24) is 9.88 Å². The maximum absolute atomic E-state index is 14.5. The molecule has 35 heavy (non-hydrogen) atoms. The Hall–Kier alpha value is -3.54. The van der Waals surface area contributed by atoms with Crippen molar-refractivity contribution in [1.29, 1.82) is 0 Å². The summed E-state index contributed by atoms with van der Waals surface area (Å²) in [4.78, 5) is 22.1. The molecule has 180 valence electrons. The van der Waals surface area contributed by atoms with Gasteiger partial charge in [0.15, 0.2) is 5.96 Å². The summed E-state index contributed by atoms with van der Waals surface area (Å²) in [5, 5.41) is 0. The van der Waals surface area contributed by atoms with Gasteiger partial charge in [0.1, 0.15) is 0 Å². The average Bonchev–Trinajstić information content (AvgIpc) is 3.01. The van der Waals surface area contributed by atoms with E-state index in [1.54, 1.807) is 12.1 Å². The SMILES string of the molecule is CC(C)N(C=O)/C(N)=N\C1c2cc(-c3cccnc3F)ccc2CC12CCc1ccccc1CC2. The summed E-state index contributed by atoms with van der Waals surface area (Å²) < 4.78 is 14.5. The van der Waals surface area contributed by atoms with Gasteiger partial charge in [0.25, 0.3) is 0 Å². The molecule has 2 aromatic carbocycles. The number of fused-ring (bicyclic) bond motifs is 2. The van der Waals surface area contributed by atoms with E-state index in [4.69, 9.17) is 10.7 Å². The Balaban J connectivity index is 1.61. The summed E-state index contributed by atoms with van der Waals surface area (Å²) in [6.45, 7) is 3.83. The van der Waals surface area contributed by atoms with Crippen molar-refractivity contribution in [2.24, 2.45) is 16.1 Å².